The highest BCUT2D eigenvalue weighted by Crippen LogP contribution is 2.35. The van der Waals surface area contributed by atoms with Crippen LogP contribution >= 0.6 is 23.2 Å². The van der Waals surface area contributed by atoms with Crippen LogP contribution in [0.3, 0.4) is 0 Å². The van der Waals surface area contributed by atoms with E-state index in [9.17, 15) is 17.6 Å². The molecule has 1 amide bonds. The van der Waals surface area contributed by atoms with Gasteiger partial charge < -0.3 is 14.5 Å². The predicted octanol–water partition coefficient (Wildman–Crippen LogP) is 4.41. The Hall–Kier alpha value is -1.91. The molecule has 37 heavy (non-hydrogen) atoms. The fourth-order valence-electron chi connectivity index (χ4n) is 4.88. The zero-order valence-corrected chi connectivity index (χ0v) is 24.1. The molecule has 2 aromatic carbocycles. The Kier molecular flexibility index (Phi) is 9.51. The predicted molar refractivity (Wildman–Crippen MR) is 145 cm³/mol. The van der Waals surface area contributed by atoms with Gasteiger partial charge in [-0.1, -0.05) is 35.3 Å². The molecule has 1 heterocycles. The van der Waals surface area contributed by atoms with E-state index in [0.29, 0.717) is 48.2 Å². The van der Waals surface area contributed by atoms with E-state index in [1.165, 1.54) is 23.7 Å². The normalized spacial score (nSPS) is 18.9. The van der Waals surface area contributed by atoms with E-state index in [0.717, 1.165) is 5.56 Å². The minimum Gasteiger partial charge on any atom is -0.494 e. The molecule has 0 bridgehead atoms. The largest absolute Gasteiger partial charge is 0.494 e. The van der Waals surface area contributed by atoms with Gasteiger partial charge in [-0.05, 0) is 62.2 Å². The first kappa shape index (κ1) is 29.6. The Bertz CT molecular complexity index is 1250. The summed E-state index contributed by atoms with van der Waals surface area (Å²) in [5.74, 6) is -0.496. The number of benzene rings is 2. The Morgan fingerprint density at radius 2 is 1.89 bits per heavy atom. The molecule has 1 fully saturated rings. The quantitative estimate of drug-likeness (QED) is 0.444. The summed E-state index contributed by atoms with van der Waals surface area (Å²) in [4.78, 5) is 17.7. The zero-order valence-electron chi connectivity index (χ0n) is 21.8. The van der Waals surface area contributed by atoms with Crippen LogP contribution in [0.25, 0.3) is 0 Å². The maximum atomic E-state index is 14.2. The van der Waals surface area contributed by atoms with Gasteiger partial charge in [-0.3, -0.25) is 4.79 Å². The molecular formula is C26H34Cl2FN3O4S. The van der Waals surface area contributed by atoms with Gasteiger partial charge >= 0.3 is 0 Å². The summed E-state index contributed by atoms with van der Waals surface area (Å²) in [7, 11) is -0.183. The lowest BCUT2D eigenvalue weighted by atomic mass is 9.77. The average molecular weight is 575 g/mol. The lowest BCUT2D eigenvalue weighted by Gasteiger charge is -2.40. The van der Waals surface area contributed by atoms with Crippen LogP contribution in [0.2, 0.25) is 10.0 Å². The highest BCUT2D eigenvalue weighted by atomic mass is 35.5. The summed E-state index contributed by atoms with van der Waals surface area (Å²) in [6, 6.07) is 9.66. The van der Waals surface area contributed by atoms with Crippen LogP contribution in [0.4, 0.5) is 4.39 Å². The fraction of sp³-hybridized carbons (Fsp3) is 0.500. The minimum atomic E-state index is -3.27. The Labute approximate surface area is 229 Å². The number of carbonyl (C=O) groups excluding carboxylic acids is 1. The summed E-state index contributed by atoms with van der Waals surface area (Å²) >= 11 is 12.5. The van der Waals surface area contributed by atoms with Crippen molar-refractivity contribution in [3.63, 3.8) is 0 Å². The van der Waals surface area contributed by atoms with Gasteiger partial charge in [0.05, 0.1) is 28.8 Å². The molecule has 1 aliphatic heterocycles. The van der Waals surface area contributed by atoms with E-state index in [1.807, 2.05) is 13.8 Å². The van der Waals surface area contributed by atoms with Crippen LogP contribution in [0.1, 0.15) is 31.4 Å². The van der Waals surface area contributed by atoms with Crippen molar-refractivity contribution in [3.8, 4) is 5.75 Å². The van der Waals surface area contributed by atoms with Gasteiger partial charge in [0.1, 0.15) is 0 Å². The number of nitrogens with zero attached hydrogens (tertiary/aromatic N) is 3. The Morgan fingerprint density at radius 3 is 2.46 bits per heavy atom. The number of carbonyl (C=O) groups is 1. The topological polar surface area (TPSA) is 70.2 Å². The molecule has 1 aliphatic rings. The monoisotopic (exact) mass is 573 g/mol. The summed E-state index contributed by atoms with van der Waals surface area (Å²) in [5.41, 5.74) is 0.407. The molecule has 0 aromatic heterocycles. The molecule has 0 N–H and O–H groups in total. The molecule has 7 nitrogen and oxygen atoms in total. The lowest BCUT2D eigenvalue weighted by molar-refractivity contribution is -0.136. The molecule has 11 heteroatoms. The number of hydrogen-bond donors (Lipinski definition) is 0. The summed E-state index contributed by atoms with van der Waals surface area (Å²) < 4.78 is 44.8. The highest BCUT2D eigenvalue weighted by molar-refractivity contribution is 7.88. The van der Waals surface area contributed by atoms with Crippen molar-refractivity contribution in [2.24, 2.45) is 0 Å². The van der Waals surface area contributed by atoms with Gasteiger partial charge in [-0.2, -0.15) is 4.31 Å². The number of halogens is 3. The number of hydrogen-bond acceptors (Lipinski definition) is 5. The van der Waals surface area contributed by atoms with Gasteiger partial charge in [0.25, 0.3) is 0 Å². The molecule has 0 spiro atoms. The molecule has 2 aromatic rings. The molecule has 0 aliphatic carbocycles. The average Bonchev–Trinajstić information content (AvgIpc) is 2.83. The van der Waals surface area contributed by atoms with Crippen molar-refractivity contribution in [2.75, 3.05) is 46.6 Å². The maximum absolute atomic E-state index is 14.2. The van der Waals surface area contributed by atoms with E-state index < -0.39 is 21.3 Å². The summed E-state index contributed by atoms with van der Waals surface area (Å²) in [5, 5.41) is 0.751. The minimum absolute atomic E-state index is 0.142. The van der Waals surface area contributed by atoms with Gasteiger partial charge in [0.15, 0.2) is 11.6 Å². The second-order valence-electron chi connectivity index (χ2n) is 9.86. The van der Waals surface area contributed by atoms with Crippen LogP contribution in [0, 0.1) is 5.82 Å². The van der Waals surface area contributed by atoms with Crippen LogP contribution in [-0.2, 0) is 26.8 Å². The van der Waals surface area contributed by atoms with E-state index in [-0.39, 0.29) is 24.2 Å². The number of amides is 1. The molecule has 204 valence electrons. The van der Waals surface area contributed by atoms with Crippen molar-refractivity contribution >= 4 is 39.1 Å². The molecule has 0 saturated carbocycles. The highest BCUT2D eigenvalue weighted by Gasteiger charge is 2.39. The van der Waals surface area contributed by atoms with Gasteiger partial charge in [0, 0.05) is 39.3 Å². The smallest absolute Gasteiger partial charge is 0.233 e. The SMILES string of the molecule is COc1ccc(CN(C)C(=O)C(C)(CCN2CCN(S(C)(=O)=O)[C@@H](C)C2)c2ccc(Cl)c(Cl)c2)cc1F. The molecule has 1 unspecified atom stereocenters. The number of rotatable bonds is 9. The van der Waals surface area contributed by atoms with Gasteiger partial charge in [0.2, 0.25) is 15.9 Å². The molecule has 3 rings (SSSR count). The van der Waals surface area contributed by atoms with Crippen molar-refractivity contribution < 1.29 is 22.3 Å². The molecule has 0 radical (unpaired) electrons. The van der Waals surface area contributed by atoms with Crippen molar-refractivity contribution in [1.82, 2.24) is 14.1 Å². The molecule has 1 saturated heterocycles. The third kappa shape index (κ3) is 6.95. The van der Waals surface area contributed by atoms with E-state index in [1.54, 1.807) is 42.3 Å². The number of methoxy groups -OCH3 is 1. The fourth-order valence-corrected chi connectivity index (χ4v) is 6.31. The lowest BCUT2D eigenvalue weighted by Crippen LogP contribution is -2.54. The van der Waals surface area contributed by atoms with E-state index >= 15 is 0 Å². The van der Waals surface area contributed by atoms with Gasteiger partial charge in [-0.15, -0.1) is 0 Å². The molecule has 2 atom stereocenters. The first-order valence-corrected chi connectivity index (χ1v) is 14.6. The number of sulfonamides is 1. The second-order valence-corrected chi connectivity index (χ2v) is 12.6. The van der Waals surface area contributed by atoms with Crippen molar-refractivity contribution in [2.45, 2.75) is 38.3 Å². The van der Waals surface area contributed by atoms with Crippen LogP contribution < -0.4 is 4.74 Å². The van der Waals surface area contributed by atoms with E-state index in [4.69, 9.17) is 27.9 Å². The Balaban J connectivity index is 1.82. The first-order valence-electron chi connectivity index (χ1n) is 12.0. The maximum Gasteiger partial charge on any atom is 0.233 e. The van der Waals surface area contributed by atoms with Crippen molar-refractivity contribution in [3.05, 3.63) is 63.4 Å². The zero-order chi connectivity index (χ0) is 27.5. The number of likely N-dealkylation sites (N-methyl/N-ethyl adjacent to an activating group) is 1. The Morgan fingerprint density at radius 1 is 1.19 bits per heavy atom. The van der Waals surface area contributed by atoms with Crippen LogP contribution in [0.15, 0.2) is 36.4 Å². The second kappa shape index (κ2) is 11.9. The number of piperazine rings is 1. The van der Waals surface area contributed by atoms with E-state index in [2.05, 4.69) is 4.90 Å². The summed E-state index contributed by atoms with van der Waals surface area (Å²) in [6.07, 6.45) is 1.69. The third-order valence-corrected chi connectivity index (χ3v) is 9.15. The van der Waals surface area contributed by atoms with Gasteiger partial charge in [-0.25, -0.2) is 12.8 Å². The first-order chi connectivity index (χ1) is 17.3. The number of ether oxygens (including phenoxy) is 1. The van der Waals surface area contributed by atoms with Crippen LogP contribution in [-0.4, -0.2) is 81.1 Å². The summed E-state index contributed by atoms with van der Waals surface area (Å²) in [6.45, 7) is 6.09. The van der Waals surface area contributed by atoms with Crippen molar-refractivity contribution in [1.29, 1.82) is 0 Å². The van der Waals surface area contributed by atoms with Crippen LogP contribution in [0.5, 0.6) is 5.75 Å². The standard InChI is InChI=1S/C26H34Cl2FN3O4S/c1-18-16-31(12-13-32(18)37(5,34)35)11-10-26(2,20-7-8-21(27)22(28)15-20)25(33)30(3)17-19-6-9-24(36-4)23(29)14-19/h6-9,14-15,18H,10-13,16-17H2,1-5H3/t18-,26?/m0/s1. The third-order valence-electron chi connectivity index (χ3n) is 7.02. The molecular weight excluding hydrogens is 540 g/mol.